The fraction of sp³-hybridized carbons (Fsp3) is 0.846. The predicted octanol–water partition coefficient (Wildman–Crippen LogP) is -0.465. The van der Waals surface area contributed by atoms with Crippen molar-refractivity contribution in [3.63, 3.8) is 0 Å². The van der Waals surface area contributed by atoms with E-state index in [2.05, 4.69) is 0 Å². The molecule has 0 aliphatic carbocycles. The maximum Gasteiger partial charge on any atom is 0.323 e. The highest BCUT2D eigenvalue weighted by atomic mass is 16.5. The van der Waals surface area contributed by atoms with E-state index >= 15 is 0 Å². The van der Waals surface area contributed by atoms with Crippen molar-refractivity contribution >= 4 is 11.9 Å². The molecule has 5 N–H and O–H groups in total. The number of hydrogen-bond donors (Lipinski definition) is 3. The number of carbonyl (C=O) groups excluding carboxylic acids is 1. The number of carbonyl (C=O) groups is 2. The first kappa shape index (κ1) is 18.8. The Balaban J connectivity index is 4.40. The van der Waals surface area contributed by atoms with Crippen molar-refractivity contribution < 1.29 is 23.9 Å². The second-order valence-electron chi connectivity index (χ2n) is 6.02. The first-order valence-electron chi connectivity index (χ1n) is 6.84. The third-order valence-corrected chi connectivity index (χ3v) is 2.71. The molecule has 0 fully saturated rings. The zero-order valence-corrected chi connectivity index (χ0v) is 12.7. The van der Waals surface area contributed by atoms with Gasteiger partial charge in [0.05, 0.1) is 27.6 Å². The van der Waals surface area contributed by atoms with E-state index in [4.69, 9.17) is 21.3 Å². The molecule has 0 aliphatic rings. The number of hydrogen-bond acceptors (Lipinski definition) is 5. The molecule has 118 valence electrons. The van der Waals surface area contributed by atoms with Crippen molar-refractivity contribution in [2.24, 2.45) is 11.5 Å². The van der Waals surface area contributed by atoms with Crippen molar-refractivity contribution in [3.8, 4) is 0 Å². The average Bonchev–Trinajstić information content (AvgIpc) is 2.25. The zero-order valence-electron chi connectivity index (χ0n) is 12.7. The minimum absolute atomic E-state index is 0.212. The van der Waals surface area contributed by atoms with E-state index in [1.165, 1.54) is 0 Å². The van der Waals surface area contributed by atoms with E-state index in [9.17, 15) is 9.59 Å². The number of quaternary nitrogens is 1. The number of nitrogens with zero attached hydrogens (tertiary/aromatic N) is 1. The highest BCUT2D eigenvalue weighted by molar-refractivity contribution is 5.76. The van der Waals surface area contributed by atoms with E-state index in [1.807, 2.05) is 21.1 Å². The van der Waals surface area contributed by atoms with Crippen LogP contribution in [0, 0.1) is 0 Å². The van der Waals surface area contributed by atoms with E-state index in [1.54, 1.807) is 0 Å². The molecule has 0 spiro atoms. The molecule has 0 rings (SSSR count). The summed E-state index contributed by atoms with van der Waals surface area (Å²) in [5, 5.41) is 8.86. The number of nitrogens with two attached hydrogens (primary N) is 2. The second-order valence-corrected chi connectivity index (χ2v) is 6.02. The number of rotatable bonds is 10. The van der Waals surface area contributed by atoms with E-state index in [-0.39, 0.29) is 6.42 Å². The molecular formula is C13H28N3O4+. The SMILES string of the molecule is C[N+](C)(C)CC(CC(=O)O)OC(=O)[C@@H](N)CCCCN. The van der Waals surface area contributed by atoms with Crippen LogP contribution in [0.1, 0.15) is 25.7 Å². The summed E-state index contributed by atoms with van der Waals surface area (Å²) in [6.07, 6.45) is 1.18. The molecule has 0 saturated heterocycles. The zero-order chi connectivity index (χ0) is 15.8. The summed E-state index contributed by atoms with van der Waals surface area (Å²) in [7, 11) is 5.72. The first-order chi connectivity index (χ1) is 9.15. The summed E-state index contributed by atoms with van der Waals surface area (Å²) in [6.45, 7) is 0.985. The lowest BCUT2D eigenvalue weighted by Crippen LogP contribution is -2.45. The molecule has 0 aromatic rings. The minimum Gasteiger partial charge on any atom is -0.481 e. The molecule has 0 heterocycles. The molecule has 0 saturated carbocycles. The van der Waals surface area contributed by atoms with Gasteiger partial charge in [0.2, 0.25) is 0 Å². The fourth-order valence-corrected chi connectivity index (χ4v) is 1.83. The van der Waals surface area contributed by atoms with E-state index in [0.717, 1.165) is 12.8 Å². The number of esters is 1. The molecule has 1 unspecified atom stereocenters. The van der Waals surface area contributed by atoms with Gasteiger partial charge in [0.25, 0.3) is 0 Å². The van der Waals surface area contributed by atoms with Crippen LogP contribution in [-0.2, 0) is 14.3 Å². The van der Waals surface area contributed by atoms with Gasteiger partial charge in [0.15, 0.2) is 6.10 Å². The maximum atomic E-state index is 11.8. The molecule has 0 aromatic carbocycles. The number of aliphatic carboxylic acids is 1. The Labute approximate surface area is 120 Å². The summed E-state index contributed by atoms with van der Waals surface area (Å²) in [5.74, 6) is -1.53. The molecule has 0 aliphatic heterocycles. The Morgan fingerprint density at radius 1 is 1.25 bits per heavy atom. The van der Waals surface area contributed by atoms with Gasteiger partial charge in [-0.3, -0.25) is 9.59 Å². The maximum absolute atomic E-state index is 11.8. The van der Waals surface area contributed by atoms with Gasteiger partial charge in [0, 0.05) is 0 Å². The standard InChI is InChI=1S/C13H27N3O4/c1-16(2,3)9-10(8-12(17)18)20-13(19)11(15)6-4-5-7-14/h10-11H,4-9,14-15H2,1-3H3/p+1/t10?,11-/m0/s1. The lowest BCUT2D eigenvalue weighted by molar-refractivity contribution is -0.873. The quantitative estimate of drug-likeness (QED) is 0.285. The van der Waals surface area contributed by atoms with E-state index in [0.29, 0.717) is 24.0 Å². The van der Waals surface area contributed by atoms with Crippen LogP contribution in [0.3, 0.4) is 0 Å². The molecule has 0 aromatic heterocycles. The Bertz CT molecular complexity index is 315. The van der Waals surface area contributed by atoms with E-state index < -0.39 is 24.1 Å². The van der Waals surface area contributed by atoms with Crippen LogP contribution in [0.4, 0.5) is 0 Å². The number of likely N-dealkylation sites (N-methyl/N-ethyl adjacent to an activating group) is 1. The normalized spacial score (nSPS) is 14.7. The van der Waals surface area contributed by atoms with Crippen molar-refractivity contribution in [1.29, 1.82) is 0 Å². The Hall–Kier alpha value is -1.18. The molecular weight excluding hydrogens is 262 g/mol. The number of carboxylic acid groups (broad SMARTS) is 1. The van der Waals surface area contributed by atoms with Gasteiger partial charge in [-0.15, -0.1) is 0 Å². The summed E-state index contributed by atoms with van der Waals surface area (Å²) in [6, 6.07) is -0.717. The predicted molar refractivity (Wildman–Crippen MR) is 75.9 cm³/mol. The molecule has 7 nitrogen and oxygen atoms in total. The van der Waals surface area contributed by atoms with Gasteiger partial charge in [0.1, 0.15) is 12.6 Å². The van der Waals surface area contributed by atoms with Crippen molar-refractivity contribution in [2.45, 2.75) is 37.8 Å². The van der Waals surface area contributed by atoms with Crippen LogP contribution in [0.2, 0.25) is 0 Å². The van der Waals surface area contributed by atoms with Crippen LogP contribution < -0.4 is 11.5 Å². The average molecular weight is 290 g/mol. The summed E-state index contributed by atoms with van der Waals surface area (Å²) in [4.78, 5) is 22.7. The fourth-order valence-electron chi connectivity index (χ4n) is 1.83. The van der Waals surface area contributed by atoms with Crippen molar-refractivity contribution in [3.05, 3.63) is 0 Å². The number of unbranched alkanes of at least 4 members (excludes halogenated alkanes) is 1. The third kappa shape index (κ3) is 9.71. The molecule has 7 heteroatoms. The Morgan fingerprint density at radius 3 is 2.30 bits per heavy atom. The van der Waals surface area contributed by atoms with Gasteiger partial charge in [-0.1, -0.05) is 6.42 Å². The summed E-state index contributed by atoms with van der Waals surface area (Å²) >= 11 is 0. The summed E-state index contributed by atoms with van der Waals surface area (Å²) in [5.41, 5.74) is 11.1. The minimum atomic E-state index is -0.993. The molecule has 0 amide bonds. The van der Waals surface area contributed by atoms with Crippen molar-refractivity contribution in [2.75, 3.05) is 34.2 Å². The van der Waals surface area contributed by atoms with Crippen LogP contribution in [0.5, 0.6) is 0 Å². The van der Waals surface area contributed by atoms with Gasteiger partial charge in [-0.05, 0) is 19.4 Å². The number of ether oxygens (including phenoxy) is 1. The molecule has 0 bridgehead atoms. The topological polar surface area (TPSA) is 116 Å². The van der Waals surface area contributed by atoms with Gasteiger partial charge in [-0.25, -0.2) is 0 Å². The lowest BCUT2D eigenvalue weighted by Gasteiger charge is -2.28. The molecule has 0 radical (unpaired) electrons. The smallest absolute Gasteiger partial charge is 0.323 e. The molecule has 2 atom stereocenters. The van der Waals surface area contributed by atoms with Crippen molar-refractivity contribution in [1.82, 2.24) is 0 Å². The number of carboxylic acids is 1. The lowest BCUT2D eigenvalue weighted by atomic mass is 10.1. The monoisotopic (exact) mass is 290 g/mol. The van der Waals surface area contributed by atoms with Crippen LogP contribution in [0.25, 0.3) is 0 Å². The Kier molecular flexibility index (Phi) is 8.36. The summed E-state index contributed by atoms with van der Waals surface area (Å²) < 4.78 is 5.75. The van der Waals surface area contributed by atoms with Gasteiger partial charge in [-0.2, -0.15) is 0 Å². The van der Waals surface area contributed by atoms with Gasteiger partial charge >= 0.3 is 11.9 Å². The van der Waals surface area contributed by atoms with Crippen LogP contribution in [0.15, 0.2) is 0 Å². The van der Waals surface area contributed by atoms with Gasteiger partial charge < -0.3 is 25.8 Å². The highest BCUT2D eigenvalue weighted by Crippen LogP contribution is 2.08. The largest absolute Gasteiger partial charge is 0.481 e. The van der Waals surface area contributed by atoms with Crippen LogP contribution in [-0.4, -0.2) is 67.9 Å². The highest BCUT2D eigenvalue weighted by Gasteiger charge is 2.26. The van der Waals surface area contributed by atoms with Crippen LogP contribution >= 0.6 is 0 Å². The first-order valence-corrected chi connectivity index (χ1v) is 6.84. The molecule has 20 heavy (non-hydrogen) atoms. The Morgan fingerprint density at radius 2 is 1.85 bits per heavy atom. The second kappa shape index (κ2) is 8.89. The third-order valence-electron chi connectivity index (χ3n) is 2.71.